The third-order valence-electron chi connectivity index (χ3n) is 1.93. The molecule has 0 radical (unpaired) electrons. The largest absolute Gasteiger partial charge is 0.404 e. The molecule has 76 valence electrons. The molecule has 4 nitrogen and oxygen atoms in total. The summed E-state index contributed by atoms with van der Waals surface area (Å²) in [5.74, 6) is -0.0375. The highest BCUT2D eigenvalue weighted by molar-refractivity contribution is 5.90. The Kier molecular flexibility index (Phi) is 2.49. The van der Waals surface area contributed by atoms with E-state index in [4.69, 9.17) is 4.74 Å². The number of esters is 1. The molecule has 15 heavy (non-hydrogen) atoms. The number of nitrogens with zero attached hydrogens (tertiary/aromatic N) is 1. The second-order valence-electron chi connectivity index (χ2n) is 3.17. The standard InChI is InChI=1S/C11H10N2O2/c1-8-3-2-4-9(5-8)11(14)15-10-6-12-7-13-10/h2-7H,1H3,(H,12,13). The molecule has 1 N–H and O–H groups in total. The molecular weight excluding hydrogens is 192 g/mol. The molecule has 0 spiro atoms. The third-order valence-corrected chi connectivity index (χ3v) is 1.93. The fourth-order valence-corrected chi connectivity index (χ4v) is 1.23. The Morgan fingerprint density at radius 1 is 1.47 bits per heavy atom. The number of H-pyrrole nitrogens is 1. The fraction of sp³-hybridized carbons (Fsp3) is 0.0909. The molecule has 0 aliphatic heterocycles. The first-order chi connectivity index (χ1) is 7.25. The number of hydrogen-bond acceptors (Lipinski definition) is 3. The van der Waals surface area contributed by atoms with Gasteiger partial charge in [0.05, 0.1) is 18.1 Å². The molecule has 0 saturated heterocycles. The van der Waals surface area contributed by atoms with E-state index >= 15 is 0 Å². The van der Waals surface area contributed by atoms with E-state index in [0.29, 0.717) is 11.4 Å². The Bertz CT molecular complexity index is 463. The summed E-state index contributed by atoms with van der Waals surface area (Å²) < 4.78 is 5.04. The molecule has 0 aliphatic rings. The summed E-state index contributed by atoms with van der Waals surface area (Å²) in [5.41, 5.74) is 1.55. The van der Waals surface area contributed by atoms with Gasteiger partial charge in [-0.15, -0.1) is 0 Å². The summed E-state index contributed by atoms with van der Waals surface area (Å²) in [7, 11) is 0. The lowest BCUT2D eigenvalue weighted by Crippen LogP contribution is -2.08. The molecule has 1 heterocycles. The Hall–Kier alpha value is -2.10. The van der Waals surface area contributed by atoms with Gasteiger partial charge in [0, 0.05) is 0 Å². The predicted octanol–water partition coefficient (Wildman–Crippen LogP) is 1.94. The monoisotopic (exact) mass is 202 g/mol. The normalized spacial score (nSPS) is 9.93. The summed E-state index contributed by atoms with van der Waals surface area (Å²) in [4.78, 5) is 18.0. The molecule has 2 aromatic rings. The van der Waals surface area contributed by atoms with Crippen LogP contribution >= 0.6 is 0 Å². The second kappa shape index (κ2) is 3.96. The summed E-state index contributed by atoms with van der Waals surface area (Å²) in [6, 6.07) is 7.23. The number of nitrogens with one attached hydrogen (secondary N) is 1. The van der Waals surface area contributed by atoms with Crippen LogP contribution in [0.3, 0.4) is 0 Å². The van der Waals surface area contributed by atoms with Gasteiger partial charge in [0.2, 0.25) is 5.88 Å². The van der Waals surface area contributed by atoms with Crippen molar-refractivity contribution in [2.45, 2.75) is 6.92 Å². The van der Waals surface area contributed by atoms with Crippen molar-refractivity contribution in [3.63, 3.8) is 0 Å². The van der Waals surface area contributed by atoms with Gasteiger partial charge in [0.1, 0.15) is 0 Å². The van der Waals surface area contributed by atoms with Crippen molar-refractivity contribution in [2.75, 3.05) is 0 Å². The van der Waals surface area contributed by atoms with Crippen molar-refractivity contribution in [3.05, 3.63) is 47.9 Å². The zero-order chi connectivity index (χ0) is 10.7. The maximum absolute atomic E-state index is 11.6. The topological polar surface area (TPSA) is 55.0 Å². The smallest absolute Gasteiger partial charge is 0.344 e. The lowest BCUT2D eigenvalue weighted by Gasteiger charge is -2.01. The molecule has 0 fully saturated rings. The molecule has 4 heteroatoms. The highest BCUT2D eigenvalue weighted by atomic mass is 16.5. The molecule has 0 unspecified atom stereocenters. The van der Waals surface area contributed by atoms with Crippen molar-refractivity contribution in [1.82, 2.24) is 9.97 Å². The van der Waals surface area contributed by atoms with Crippen LogP contribution in [0.15, 0.2) is 36.8 Å². The number of rotatable bonds is 2. The first-order valence-electron chi connectivity index (χ1n) is 4.53. The molecule has 0 aliphatic carbocycles. The van der Waals surface area contributed by atoms with Crippen LogP contribution in [0.25, 0.3) is 0 Å². The predicted molar refractivity (Wildman–Crippen MR) is 54.7 cm³/mol. The number of imidazole rings is 1. The van der Waals surface area contributed by atoms with Gasteiger partial charge in [-0.3, -0.25) is 0 Å². The molecule has 1 aromatic heterocycles. The summed E-state index contributed by atoms with van der Waals surface area (Å²) >= 11 is 0. The van der Waals surface area contributed by atoms with E-state index in [1.165, 1.54) is 12.5 Å². The Morgan fingerprint density at radius 2 is 2.33 bits per heavy atom. The fourth-order valence-electron chi connectivity index (χ4n) is 1.23. The van der Waals surface area contributed by atoms with Crippen molar-refractivity contribution >= 4 is 5.97 Å². The number of hydrogen-bond donors (Lipinski definition) is 1. The highest BCUT2D eigenvalue weighted by Crippen LogP contribution is 2.09. The zero-order valence-corrected chi connectivity index (χ0v) is 8.23. The molecule has 2 rings (SSSR count). The van der Waals surface area contributed by atoms with Gasteiger partial charge in [0.25, 0.3) is 0 Å². The van der Waals surface area contributed by atoms with Gasteiger partial charge < -0.3 is 9.72 Å². The van der Waals surface area contributed by atoms with E-state index in [0.717, 1.165) is 5.56 Å². The van der Waals surface area contributed by atoms with Gasteiger partial charge in [-0.25, -0.2) is 9.78 Å². The van der Waals surface area contributed by atoms with Gasteiger partial charge >= 0.3 is 5.97 Å². The van der Waals surface area contributed by atoms with Gasteiger partial charge in [-0.2, -0.15) is 0 Å². The van der Waals surface area contributed by atoms with Crippen LogP contribution in [0, 0.1) is 6.92 Å². The quantitative estimate of drug-likeness (QED) is 0.757. The second-order valence-corrected chi connectivity index (χ2v) is 3.17. The van der Waals surface area contributed by atoms with E-state index in [9.17, 15) is 4.79 Å². The minimum atomic E-state index is -0.386. The highest BCUT2D eigenvalue weighted by Gasteiger charge is 2.08. The van der Waals surface area contributed by atoms with E-state index in [-0.39, 0.29) is 5.97 Å². The van der Waals surface area contributed by atoms with Gasteiger partial charge in [0.15, 0.2) is 0 Å². The van der Waals surface area contributed by atoms with E-state index in [1.807, 2.05) is 19.1 Å². The lowest BCUT2D eigenvalue weighted by molar-refractivity contribution is 0.0728. The molecule has 0 bridgehead atoms. The number of ether oxygens (including phenoxy) is 1. The SMILES string of the molecule is Cc1cccc(C(=O)Oc2cnc[nH]2)c1. The van der Waals surface area contributed by atoms with Crippen molar-refractivity contribution in [3.8, 4) is 5.88 Å². The molecular formula is C11H10N2O2. The van der Waals surface area contributed by atoms with Crippen molar-refractivity contribution in [2.24, 2.45) is 0 Å². The van der Waals surface area contributed by atoms with Crippen LogP contribution in [0.2, 0.25) is 0 Å². The van der Waals surface area contributed by atoms with Crippen LogP contribution < -0.4 is 4.74 Å². The maximum atomic E-state index is 11.6. The number of benzene rings is 1. The first kappa shape index (κ1) is 9.45. The average molecular weight is 202 g/mol. The number of aromatic amines is 1. The van der Waals surface area contributed by atoms with Crippen LogP contribution in [0.1, 0.15) is 15.9 Å². The van der Waals surface area contributed by atoms with E-state index in [2.05, 4.69) is 9.97 Å². The van der Waals surface area contributed by atoms with Gasteiger partial charge in [-0.1, -0.05) is 17.7 Å². The van der Waals surface area contributed by atoms with E-state index < -0.39 is 0 Å². The first-order valence-corrected chi connectivity index (χ1v) is 4.53. The van der Waals surface area contributed by atoms with Crippen LogP contribution in [0.5, 0.6) is 5.88 Å². The average Bonchev–Trinajstić information content (AvgIpc) is 2.70. The summed E-state index contributed by atoms with van der Waals surface area (Å²) in [5, 5.41) is 0. The van der Waals surface area contributed by atoms with Crippen molar-refractivity contribution in [1.29, 1.82) is 0 Å². The molecule has 0 atom stereocenters. The minimum absolute atomic E-state index is 0.349. The summed E-state index contributed by atoms with van der Waals surface area (Å²) in [6.07, 6.45) is 2.91. The number of aryl methyl sites for hydroxylation is 1. The maximum Gasteiger partial charge on any atom is 0.344 e. The van der Waals surface area contributed by atoms with Gasteiger partial charge in [-0.05, 0) is 19.1 Å². The number of carbonyl (C=O) groups excluding carboxylic acids is 1. The number of carbonyl (C=O) groups is 1. The number of aromatic nitrogens is 2. The Balaban J connectivity index is 2.15. The zero-order valence-electron chi connectivity index (χ0n) is 8.23. The molecule has 0 saturated carbocycles. The minimum Gasteiger partial charge on any atom is -0.404 e. The van der Waals surface area contributed by atoms with E-state index in [1.54, 1.807) is 12.1 Å². The van der Waals surface area contributed by atoms with Crippen molar-refractivity contribution < 1.29 is 9.53 Å². The van der Waals surface area contributed by atoms with Crippen LogP contribution in [-0.4, -0.2) is 15.9 Å². The summed E-state index contributed by atoms with van der Waals surface area (Å²) in [6.45, 7) is 1.92. The molecule has 1 aromatic carbocycles. The Morgan fingerprint density at radius 3 is 3.00 bits per heavy atom. The lowest BCUT2D eigenvalue weighted by atomic mass is 10.1. The molecule has 0 amide bonds. The Labute approximate surface area is 86.9 Å². The third kappa shape index (κ3) is 2.22. The van der Waals surface area contributed by atoms with Crippen LogP contribution in [0.4, 0.5) is 0 Å². The van der Waals surface area contributed by atoms with Crippen LogP contribution in [-0.2, 0) is 0 Å².